The molecule has 1 N–H and O–H groups in total. The van der Waals surface area contributed by atoms with Crippen LogP contribution in [0.25, 0.3) is 0 Å². The van der Waals surface area contributed by atoms with Gasteiger partial charge in [0.25, 0.3) is 0 Å². The first-order chi connectivity index (χ1) is 3.91. The largest absolute Gasteiger partial charge is 0.320 e. The summed E-state index contributed by atoms with van der Waals surface area (Å²) in [4.78, 5) is 0. The van der Waals surface area contributed by atoms with Crippen molar-refractivity contribution in [1.82, 2.24) is 5.32 Å². The van der Waals surface area contributed by atoms with Crippen molar-refractivity contribution in [3.8, 4) is 0 Å². The molecule has 0 bridgehead atoms. The summed E-state index contributed by atoms with van der Waals surface area (Å²) in [5.74, 6) is 0. The van der Waals surface area contributed by atoms with Gasteiger partial charge in [-0.3, -0.25) is 0 Å². The lowest BCUT2D eigenvalue weighted by Gasteiger charge is -1.91. The van der Waals surface area contributed by atoms with E-state index in [1.54, 1.807) is 0 Å². The van der Waals surface area contributed by atoms with Crippen LogP contribution in [-0.2, 0) is 0 Å². The second kappa shape index (κ2) is 6.70. The van der Waals surface area contributed by atoms with E-state index in [4.69, 9.17) is 0 Å². The van der Waals surface area contributed by atoms with Gasteiger partial charge in [0.2, 0.25) is 0 Å². The van der Waals surface area contributed by atoms with Gasteiger partial charge in [-0.05, 0) is 33.4 Å². The first-order valence-electron chi connectivity index (χ1n) is 3.17. The molecule has 0 rings (SSSR count). The standard InChI is InChI=1S/C7H15N/c1-3-4-5-6-7-8-2/h3-4,8H,5-7H2,1-2H3/b4-3-. The number of unbranched alkanes of at least 4 members (excludes halogenated alkanes) is 1. The number of allylic oxidation sites excluding steroid dienone is 2. The Balaban J connectivity index is 2.72. The quantitative estimate of drug-likeness (QED) is 0.431. The van der Waals surface area contributed by atoms with Crippen LogP contribution in [0, 0.1) is 0 Å². The first kappa shape index (κ1) is 7.70. The van der Waals surface area contributed by atoms with Crippen LogP contribution < -0.4 is 5.32 Å². The summed E-state index contributed by atoms with van der Waals surface area (Å²) in [6, 6.07) is 0. The predicted molar refractivity (Wildman–Crippen MR) is 38.0 cm³/mol. The lowest BCUT2D eigenvalue weighted by atomic mass is 10.3. The molecule has 0 heterocycles. The molecule has 0 spiro atoms. The average molecular weight is 113 g/mol. The molecule has 0 aliphatic heterocycles. The Kier molecular flexibility index (Phi) is 6.45. The maximum atomic E-state index is 3.09. The molecule has 0 aliphatic rings. The minimum absolute atomic E-state index is 1.13. The number of hydrogen-bond acceptors (Lipinski definition) is 1. The highest BCUT2D eigenvalue weighted by Crippen LogP contribution is 1.86. The Morgan fingerprint density at radius 1 is 1.50 bits per heavy atom. The van der Waals surface area contributed by atoms with E-state index in [9.17, 15) is 0 Å². The molecule has 48 valence electrons. The second-order valence-corrected chi connectivity index (χ2v) is 1.81. The highest BCUT2D eigenvalue weighted by atomic mass is 14.8. The summed E-state index contributed by atoms with van der Waals surface area (Å²) >= 11 is 0. The molecule has 8 heavy (non-hydrogen) atoms. The van der Waals surface area contributed by atoms with Crippen LogP contribution in [0.4, 0.5) is 0 Å². The molecule has 0 aromatic heterocycles. The van der Waals surface area contributed by atoms with Gasteiger partial charge in [-0.1, -0.05) is 12.2 Å². The van der Waals surface area contributed by atoms with E-state index in [0.717, 1.165) is 6.54 Å². The van der Waals surface area contributed by atoms with Crippen molar-refractivity contribution in [3.63, 3.8) is 0 Å². The third-order valence-corrected chi connectivity index (χ3v) is 1.03. The molecule has 0 aliphatic carbocycles. The molecular weight excluding hydrogens is 98.1 g/mol. The van der Waals surface area contributed by atoms with Gasteiger partial charge in [0, 0.05) is 0 Å². The van der Waals surface area contributed by atoms with Gasteiger partial charge >= 0.3 is 0 Å². The highest BCUT2D eigenvalue weighted by Gasteiger charge is 1.77. The number of nitrogens with one attached hydrogen (secondary N) is 1. The van der Waals surface area contributed by atoms with Crippen LogP contribution in [0.3, 0.4) is 0 Å². The number of rotatable bonds is 4. The van der Waals surface area contributed by atoms with Crippen LogP contribution in [0.1, 0.15) is 19.8 Å². The van der Waals surface area contributed by atoms with E-state index in [1.807, 2.05) is 7.05 Å². The zero-order chi connectivity index (χ0) is 6.24. The van der Waals surface area contributed by atoms with Crippen LogP contribution in [-0.4, -0.2) is 13.6 Å². The zero-order valence-corrected chi connectivity index (χ0v) is 5.78. The van der Waals surface area contributed by atoms with Crippen LogP contribution in [0.15, 0.2) is 12.2 Å². The molecule has 0 saturated carbocycles. The minimum atomic E-state index is 1.13. The second-order valence-electron chi connectivity index (χ2n) is 1.81. The maximum Gasteiger partial charge on any atom is -0.00490 e. The summed E-state index contributed by atoms with van der Waals surface area (Å²) in [6.45, 7) is 3.18. The monoisotopic (exact) mass is 113 g/mol. The summed E-state index contributed by atoms with van der Waals surface area (Å²) in [7, 11) is 1.98. The van der Waals surface area contributed by atoms with E-state index in [-0.39, 0.29) is 0 Å². The SMILES string of the molecule is C/C=C\CCCNC. The van der Waals surface area contributed by atoms with E-state index < -0.39 is 0 Å². The molecule has 0 amide bonds. The van der Waals surface area contributed by atoms with Gasteiger partial charge in [0.05, 0.1) is 0 Å². The lowest BCUT2D eigenvalue weighted by molar-refractivity contribution is 0.735. The molecule has 0 atom stereocenters. The molecule has 1 heteroatoms. The average Bonchev–Trinajstić information content (AvgIpc) is 1.81. The highest BCUT2D eigenvalue weighted by molar-refractivity contribution is 4.76. The third-order valence-electron chi connectivity index (χ3n) is 1.03. The van der Waals surface area contributed by atoms with Crippen molar-refractivity contribution in [2.75, 3.05) is 13.6 Å². The fourth-order valence-electron chi connectivity index (χ4n) is 0.563. The van der Waals surface area contributed by atoms with Crippen molar-refractivity contribution in [2.24, 2.45) is 0 Å². The maximum absolute atomic E-state index is 3.09. The smallest absolute Gasteiger partial charge is 0.00490 e. The Morgan fingerprint density at radius 3 is 2.75 bits per heavy atom. The third kappa shape index (κ3) is 5.70. The minimum Gasteiger partial charge on any atom is -0.320 e. The van der Waals surface area contributed by atoms with Crippen molar-refractivity contribution < 1.29 is 0 Å². The van der Waals surface area contributed by atoms with Crippen LogP contribution in [0.5, 0.6) is 0 Å². The van der Waals surface area contributed by atoms with E-state index in [1.165, 1.54) is 12.8 Å². The predicted octanol–water partition coefficient (Wildman–Crippen LogP) is 1.56. The normalized spacial score (nSPS) is 10.8. The Labute approximate surface area is 51.8 Å². The van der Waals surface area contributed by atoms with E-state index in [2.05, 4.69) is 24.4 Å². The molecule has 1 nitrogen and oxygen atoms in total. The van der Waals surface area contributed by atoms with Crippen molar-refractivity contribution in [3.05, 3.63) is 12.2 Å². The number of hydrogen-bond donors (Lipinski definition) is 1. The van der Waals surface area contributed by atoms with Crippen molar-refractivity contribution in [2.45, 2.75) is 19.8 Å². The van der Waals surface area contributed by atoms with Crippen molar-refractivity contribution in [1.29, 1.82) is 0 Å². The Morgan fingerprint density at radius 2 is 2.25 bits per heavy atom. The Bertz CT molecular complexity index is 57.4. The van der Waals surface area contributed by atoms with E-state index in [0.29, 0.717) is 0 Å². The summed E-state index contributed by atoms with van der Waals surface area (Å²) < 4.78 is 0. The fraction of sp³-hybridized carbons (Fsp3) is 0.714. The van der Waals surface area contributed by atoms with Gasteiger partial charge in [-0.2, -0.15) is 0 Å². The summed E-state index contributed by atoms with van der Waals surface area (Å²) in [6.07, 6.45) is 6.74. The molecule has 0 fully saturated rings. The molecule has 0 aromatic carbocycles. The Hall–Kier alpha value is -0.300. The van der Waals surface area contributed by atoms with Crippen molar-refractivity contribution >= 4 is 0 Å². The first-order valence-corrected chi connectivity index (χ1v) is 3.17. The summed E-state index contributed by atoms with van der Waals surface area (Å²) in [5.41, 5.74) is 0. The van der Waals surface area contributed by atoms with Crippen LogP contribution >= 0.6 is 0 Å². The van der Waals surface area contributed by atoms with Gasteiger partial charge in [-0.25, -0.2) is 0 Å². The van der Waals surface area contributed by atoms with Gasteiger partial charge in [0.15, 0.2) is 0 Å². The zero-order valence-electron chi connectivity index (χ0n) is 5.78. The molecule has 0 aromatic rings. The van der Waals surface area contributed by atoms with Crippen LogP contribution in [0.2, 0.25) is 0 Å². The van der Waals surface area contributed by atoms with Gasteiger partial charge in [0.1, 0.15) is 0 Å². The molecule has 0 radical (unpaired) electrons. The molecule has 0 saturated heterocycles. The molecular formula is C7H15N. The van der Waals surface area contributed by atoms with E-state index >= 15 is 0 Å². The molecule has 0 unspecified atom stereocenters. The topological polar surface area (TPSA) is 12.0 Å². The lowest BCUT2D eigenvalue weighted by Crippen LogP contribution is -2.06. The fourth-order valence-corrected chi connectivity index (χ4v) is 0.563. The van der Waals surface area contributed by atoms with Gasteiger partial charge in [-0.15, -0.1) is 0 Å². The van der Waals surface area contributed by atoms with Gasteiger partial charge < -0.3 is 5.32 Å². The summed E-state index contributed by atoms with van der Waals surface area (Å²) in [5, 5.41) is 3.09.